The lowest BCUT2D eigenvalue weighted by Crippen LogP contribution is -2.25. The molecular weight excluding hydrogens is 372 g/mol. The number of hydrogen-bond acceptors (Lipinski definition) is 3. The van der Waals surface area contributed by atoms with E-state index in [1.165, 1.54) is 0 Å². The molecule has 0 radical (unpaired) electrons. The molecule has 0 spiro atoms. The summed E-state index contributed by atoms with van der Waals surface area (Å²) in [6, 6.07) is 26.4. The lowest BCUT2D eigenvalue weighted by Gasteiger charge is -2.25. The molecule has 0 aromatic heterocycles. The van der Waals surface area contributed by atoms with E-state index < -0.39 is 18.1 Å². The third-order valence-electron chi connectivity index (χ3n) is 5.34. The maximum absolute atomic E-state index is 10.8. The summed E-state index contributed by atoms with van der Waals surface area (Å²) in [5.41, 5.74) is 3.53. The van der Waals surface area contributed by atoms with E-state index in [4.69, 9.17) is 0 Å². The van der Waals surface area contributed by atoms with Crippen LogP contribution in [0.3, 0.4) is 0 Å². The first-order valence-electron chi connectivity index (χ1n) is 10.2. The van der Waals surface area contributed by atoms with Crippen LogP contribution in [-0.4, -0.2) is 21.4 Å². The Bertz CT molecular complexity index is 964. The van der Waals surface area contributed by atoms with Gasteiger partial charge >= 0.3 is 0 Å². The summed E-state index contributed by atoms with van der Waals surface area (Å²) in [4.78, 5) is 0. The summed E-state index contributed by atoms with van der Waals surface area (Å²) in [5.74, 6) is -0.260. The van der Waals surface area contributed by atoms with Crippen LogP contribution in [0.15, 0.2) is 97.6 Å². The summed E-state index contributed by atoms with van der Waals surface area (Å²) in [5, 5.41) is 31.7. The SMILES string of the molecule is C=C[C@H]([C@H](O)CC/C(=C/c1ccccc1O)c1ccccc1)[C@H](O)c1ccccc1. The van der Waals surface area contributed by atoms with Crippen LogP contribution >= 0.6 is 0 Å². The monoisotopic (exact) mass is 400 g/mol. The number of aliphatic hydroxyl groups excluding tert-OH is 2. The van der Waals surface area contributed by atoms with Gasteiger partial charge in [0.1, 0.15) is 5.75 Å². The van der Waals surface area contributed by atoms with Gasteiger partial charge < -0.3 is 15.3 Å². The van der Waals surface area contributed by atoms with Crippen molar-refractivity contribution >= 4 is 11.6 Å². The molecule has 0 saturated carbocycles. The molecule has 0 bridgehead atoms. The van der Waals surface area contributed by atoms with Gasteiger partial charge in [0.05, 0.1) is 12.2 Å². The second kappa shape index (κ2) is 10.6. The molecule has 3 aromatic carbocycles. The normalized spacial score (nSPS) is 14.7. The minimum absolute atomic E-state index is 0.218. The van der Waals surface area contributed by atoms with Gasteiger partial charge in [-0.3, -0.25) is 0 Å². The predicted octanol–water partition coefficient (Wildman–Crippen LogP) is 5.61. The molecule has 0 amide bonds. The zero-order chi connectivity index (χ0) is 21.3. The summed E-state index contributed by atoms with van der Waals surface area (Å²) in [6.07, 6.45) is 3.04. The average molecular weight is 401 g/mol. The first-order valence-corrected chi connectivity index (χ1v) is 10.2. The van der Waals surface area contributed by atoms with Crippen LogP contribution in [0.5, 0.6) is 5.75 Å². The second-order valence-corrected chi connectivity index (χ2v) is 7.37. The number of para-hydroxylation sites is 1. The van der Waals surface area contributed by atoms with Gasteiger partial charge in [0.2, 0.25) is 0 Å². The van der Waals surface area contributed by atoms with Crippen LogP contribution < -0.4 is 0 Å². The zero-order valence-electron chi connectivity index (χ0n) is 16.9. The number of phenolic OH excluding ortho intramolecular Hbond substituents is 1. The minimum atomic E-state index is -0.818. The maximum Gasteiger partial charge on any atom is 0.122 e. The van der Waals surface area contributed by atoms with Gasteiger partial charge in [-0.25, -0.2) is 0 Å². The standard InChI is InChI=1S/C27H28O3/c1-2-24(27(30)21-13-7-4-8-14-21)26(29)18-17-22(20-11-5-3-6-12-20)19-23-15-9-10-16-25(23)28/h2-16,19,24,26-30H,1,17-18H2/b22-19-/t24-,26-,27-/m1/s1. The number of aromatic hydroxyl groups is 1. The molecule has 154 valence electrons. The fraction of sp³-hybridized carbons (Fsp3) is 0.185. The Balaban J connectivity index is 1.79. The molecule has 30 heavy (non-hydrogen) atoms. The van der Waals surface area contributed by atoms with Gasteiger partial charge in [0.25, 0.3) is 0 Å². The lowest BCUT2D eigenvalue weighted by molar-refractivity contribution is 0.0325. The molecule has 3 nitrogen and oxygen atoms in total. The number of benzene rings is 3. The highest BCUT2D eigenvalue weighted by molar-refractivity contribution is 5.83. The average Bonchev–Trinajstić information content (AvgIpc) is 2.79. The van der Waals surface area contributed by atoms with Crippen LogP contribution in [0.25, 0.3) is 11.6 Å². The molecule has 3 aromatic rings. The van der Waals surface area contributed by atoms with Crippen LogP contribution in [-0.2, 0) is 0 Å². The second-order valence-electron chi connectivity index (χ2n) is 7.37. The summed E-state index contributed by atoms with van der Waals surface area (Å²) >= 11 is 0. The van der Waals surface area contributed by atoms with Crippen molar-refractivity contribution in [3.8, 4) is 5.75 Å². The molecule has 3 atom stereocenters. The maximum atomic E-state index is 10.8. The van der Waals surface area contributed by atoms with E-state index in [2.05, 4.69) is 6.58 Å². The van der Waals surface area contributed by atoms with E-state index in [1.807, 2.05) is 78.9 Å². The van der Waals surface area contributed by atoms with Gasteiger partial charge in [-0.05, 0) is 41.7 Å². The van der Waals surface area contributed by atoms with E-state index in [0.29, 0.717) is 12.8 Å². The van der Waals surface area contributed by atoms with Crippen molar-refractivity contribution in [2.24, 2.45) is 5.92 Å². The molecule has 3 N–H and O–H groups in total. The third-order valence-corrected chi connectivity index (χ3v) is 5.34. The minimum Gasteiger partial charge on any atom is -0.507 e. The van der Waals surface area contributed by atoms with Crippen molar-refractivity contribution in [1.82, 2.24) is 0 Å². The Morgan fingerprint density at radius 1 is 0.833 bits per heavy atom. The highest BCUT2D eigenvalue weighted by Gasteiger charge is 2.25. The third kappa shape index (κ3) is 5.47. The van der Waals surface area contributed by atoms with Crippen LogP contribution in [0.1, 0.15) is 35.6 Å². The fourth-order valence-electron chi connectivity index (χ4n) is 3.61. The number of rotatable bonds is 9. The Morgan fingerprint density at radius 2 is 1.43 bits per heavy atom. The molecule has 0 unspecified atom stereocenters. The highest BCUT2D eigenvalue weighted by Crippen LogP contribution is 2.31. The van der Waals surface area contributed by atoms with E-state index in [0.717, 1.165) is 22.3 Å². The largest absolute Gasteiger partial charge is 0.507 e. The first kappa shape index (κ1) is 21.6. The topological polar surface area (TPSA) is 60.7 Å². The van der Waals surface area contributed by atoms with Crippen LogP contribution in [0.4, 0.5) is 0 Å². The number of hydrogen-bond donors (Lipinski definition) is 3. The van der Waals surface area contributed by atoms with Crippen molar-refractivity contribution in [2.45, 2.75) is 25.0 Å². The van der Waals surface area contributed by atoms with Crippen molar-refractivity contribution in [2.75, 3.05) is 0 Å². The van der Waals surface area contributed by atoms with Crippen molar-refractivity contribution < 1.29 is 15.3 Å². The summed E-state index contributed by atoms with van der Waals surface area (Å²) in [7, 11) is 0. The number of phenols is 1. The van der Waals surface area contributed by atoms with Crippen molar-refractivity contribution in [3.05, 3.63) is 114 Å². The van der Waals surface area contributed by atoms with Crippen molar-refractivity contribution in [1.29, 1.82) is 0 Å². The zero-order valence-corrected chi connectivity index (χ0v) is 16.9. The lowest BCUT2D eigenvalue weighted by atomic mass is 9.87. The molecule has 0 saturated heterocycles. The molecule has 0 aliphatic carbocycles. The Hall–Kier alpha value is -3.14. The van der Waals surface area contributed by atoms with Gasteiger partial charge in [0, 0.05) is 11.5 Å². The molecule has 0 heterocycles. The molecule has 3 heteroatoms. The first-order chi connectivity index (χ1) is 14.6. The Morgan fingerprint density at radius 3 is 2.07 bits per heavy atom. The van der Waals surface area contributed by atoms with Gasteiger partial charge in [-0.2, -0.15) is 0 Å². The predicted molar refractivity (Wildman–Crippen MR) is 123 cm³/mol. The van der Waals surface area contributed by atoms with E-state index in [1.54, 1.807) is 18.2 Å². The molecule has 3 rings (SSSR count). The smallest absolute Gasteiger partial charge is 0.122 e. The summed E-state index contributed by atoms with van der Waals surface area (Å²) < 4.78 is 0. The summed E-state index contributed by atoms with van der Waals surface area (Å²) in [6.45, 7) is 3.83. The molecular formula is C27H28O3. The van der Waals surface area contributed by atoms with E-state index >= 15 is 0 Å². The molecule has 0 fully saturated rings. The molecule has 0 aliphatic heterocycles. The highest BCUT2D eigenvalue weighted by atomic mass is 16.3. The Labute approximate surface area is 178 Å². The van der Waals surface area contributed by atoms with Gasteiger partial charge in [-0.15, -0.1) is 6.58 Å². The van der Waals surface area contributed by atoms with Gasteiger partial charge in [-0.1, -0.05) is 84.9 Å². The number of allylic oxidation sites excluding steroid dienone is 1. The Kier molecular flexibility index (Phi) is 7.61. The molecule has 0 aliphatic rings. The fourth-order valence-corrected chi connectivity index (χ4v) is 3.61. The number of aliphatic hydroxyl groups is 2. The van der Waals surface area contributed by atoms with Gasteiger partial charge in [0.15, 0.2) is 0 Å². The van der Waals surface area contributed by atoms with Crippen molar-refractivity contribution in [3.63, 3.8) is 0 Å². The van der Waals surface area contributed by atoms with Crippen LogP contribution in [0.2, 0.25) is 0 Å². The van der Waals surface area contributed by atoms with E-state index in [-0.39, 0.29) is 5.75 Å². The van der Waals surface area contributed by atoms with Crippen LogP contribution in [0, 0.1) is 5.92 Å². The van der Waals surface area contributed by atoms with E-state index in [9.17, 15) is 15.3 Å². The quantitative estimate of drug-likeness (QED) is 0.323.